The molecule has 2 heterocycles. The van der Waals surface area contributed by atoms with Crippen LogP contribution in [0.3, 0.4) is 0 Å². The fraction of sp³-hybridized carbons (Fsp3) is 0.500. The van der Waals surface area contributed by atoms with E-state index in [-0.39, 0.29) is 0 Å². The molecule has 0 amide bonds. The topological polar surface area (TPSA) is 43.6 Å². The Labute approximate surface area is 93.0 Å². The minimum Gasteiger partial charge on any atom is -0.310 e. The van der Waals surface area contributed by atoms with Crippen LogP contribution in [0.15, 0.2) is 6.33 Å². The molecule has 0 saturated carbocycles. The minimum absolute atomic E-state index is 0.372. The Morgan fingerprint density at radius 3 is 2.60 bits per heavy atom. The summed E-state index contributed by atoms with van der Waals surface area (Å²) in [5, 5.41) is 9.20. The third-order valence-electron chi connectivity index (χ3n) is 2.24. The van der Waals surface area contributed by atoms with Crippen molar-refractivity contribution in [3.05, 3.63) is 17.0 Å². The summed E-state index contributed by atoms with van der Waals surface area (Å²) in [7, 11) is 0. The van der Waals surface area contributed by atoms with Crippen LogP contribution in [0.4, 0.5) is 0 Å². The maximum absolute atomic E-state index is 4.40. The molecule has 0 unspecified atom stereocenters. The second kappa shape index (κ2) is 3.73. The Hall–Kier alpha value is -1.23. The highest BCUT2D eigenvalue weighted by molar-refractivity contribution is 7.15. The van der Waals surface area contributed by atoms with Crippen LogP contribution in [0.5, 0.6) is 0 Å². The van der Waals surface area contributed by atoms with Gasteiger partial charge >= 0.3 is 0 Å². The summed E-state index contributed by atoms with van der Waals surface area (Å²) >= 11 is 1.67. The molecule has 2 aromatic rings. The van der Waals surface area contributed by atoms with E-state index in [0.29, 0.717) is 6.04 Å². The van der Waals surface area contributed by atoms with Gasteiger partial charge in [0.05, 0.1) is 15.6 Å². The zero-order chi connectivity index (χ0) is 11.0. The van der Waals surface area contributed by atoms with Crippen LogP contribution < -0.4 is 0 Å². The van der Waals surface area contributed by atoms with Crippen LogP contribution in [0, 0.1) is 13.8 Å². The third-order valence-corrected chi connectivity index (χ3v) is 3.30. The summed E-state index contributed by atoms with van der Waals surface area (Å²) in [6.07, 6.45) is 1.77. The Bertz CT molecular complexity index is 469. The lowest BCUT2D eigenvalue weighted by Gasteiger charge is -2.08. The second-order valence-corrected chi connectivity index (χ2v) is 5.01. The highest BCUT2D eigenvalue weighted by Gasteiger charge is 2.15. The van der Waals surface area contributed by atoms with Gasteiger partial charge in [-0.15, -0.1) is 21.5 Å². The lowest BCUT2D eigenvalue weighted by atomic mass is 10.3. The molecule has 0 aliphatic rings. The Morgan fingerprint density at radius 2 is 2.07 bits per heavy atom. The molecule has 0 fully saturated rings. The molecule has 0 N–H and O–H groups in total. The van der Waals surface area contributed by atoms with Crippen LogP contribution >= 0.6 is 11.3 Å². The summed E-state index contributed by atoms with van der Waals surface area (Å²) in [5.41, 5.74) is 1.03. The standard InChI is InChI=1S/C10H14N4S/c1-6(2)14-5-11-13-10(14)9-7(3)12-8(4)15-9/h5-6H,1-4H3. The van der Waals surface area contributed by atoms with Gasteiger partial charge in [-0.2, -0.15) is 0 Å². The lowest BCUT2D eigenvalue weighted by molar-refractivity contribution is 0.604. The van der Waals surface area contributed by atoms with Gasteiger partial charge in [0.15, 0.2) is 5.82 Å². The maximum atomic E-state index is 4.40. The summed E-state index contributed by atoms with van der Waals surface area (Å²) in [6.45, 7) is 8.27. The molecule has 15 heavy (non-hydrogen) atoms. The predicted molar refractivity (Wildman–Crippen MR) is 61.0 cm³/mol. The van der Waals surface area contributed by atoms with Gasteiger partial charge in [-0.05, 0) is 27.7 Å². The Balaban J connectivity index is 2.54. The first-order valence-electron chi connectivity index (χ1n) is 4.93. The van der Waals surface area contributed by atoms with Crippen molar-refractivity contribution < 1.29 is 0 Å². The number of hydrogen-bond donors (Lipinski definition) is 0. The van der Waals surface area contributed by atoms with Gasteiger partial charge in [0.2, 0.25) is 0 Å². The molecule has 0 aromatic carbocycles. The first-order chi connectivity index (χ1) is 7.09. The molecule has 0 atom stereocenters. The normalized spacial score (nSPS) is 11.3. The second-order valence-electron chi connectivity index (χ2n) is 3.80. The van der Waals surface area contributed by atoms with E-state index in [4.69, 9.17) is 0 Å². The highest BCUT2D eigenvalue weighted by atomic mass is 32.1. The number of hydrogen-bond acceptors (Lipinski definition) is 4. The molecular weight excluding hydrogens is 208 g/mol. The van der Waals surface area contributed by atoms with Crippen molar-refractivity contribution in [2.75, 3.05) is 0 Å². The van der Waals surface area contributed by atoms with E-state index >= 15 is 0 Å². The average Bonchev–Trinajstić information content (AvgIpc) is 2.71. The minimum atomic E-state index is 0.372. The van der Waals surface area contributed by atoms with Crippen molar-refractivity contribution in [3.63, 3.8) is 0 Å². The number of thiazole rings is 1. The van der Waals surface area contributed by atoms with Gasteiger partial charge in [0.1, 0.15) is 6.33 Å². The van der Waals surface area contributed by atoms with E-state index in [1.54, 1.807) is 17.7 Å². The number of aryl methyl sites for hydroxylation is 2. The van der Waals surface area contributed by atoms with Crippen molar-refractivity contribution in [2.24, 2.45) is 0 Å². The van der Waals surface area contributed by atoms with E-state index in [9.17, 15) is 0 Å². The van der Waals surface area contributed by atoms with Crippen LogP contribution in [0.1, 0.15) is 30.6 Å². The summed E-state index contributed by atoms with van der Waals surface area (Å²) < 4.78 is 2.07. The molecule has 80 valence electrons. The number of rotatable bonds is 2. The fourth-order valence-electron chi connectivity index (χ4n) is 1.52. The molecule has 0 radical (unpaired) electrons. The fourth-order valence-corrected chi connectivity index (χ4v) is 2.43. The molecule has 0 aliphatic carbocycles. The van der Waals surface area contributed by atoms with Crippen LogP contribution in [-0.4, -0.2) is 19.7 Å². The zero-order valence-electron chi connectivity index (χ0n) is 9.35. The molecule has 0 saturated heterocycles. The van der Waals surface area contributed by atoms with Crippen molar-refractivity contribution in [2.45, 2.75) is 33.7 Å². The van der Waals surface area contributed by atoms with E-state index in [2.05, 4.69) is 33.6 Å². The van der Waals surface area contributed by atoms with E-state index < -0.39 is 0 Å². The third kappa shape index (κ3) is 1.79. The van der Waals surface area contributed by atoms with E-state index in [0.717, 1.165) is 21.4 Å². The van der Waals surface area contributed by atoms with Gasteiger partial charge in [0.25, 0.3) is 0 Å². The number of nitrogens with zero attached hydrogens (tertiary/aromatic N) is 4. The molecule has 2 aromatic heterocycles. The molecule has 0 aliphatic heterocycles. The van der Waals surface area contributed by atoms with E-state index in [1.807, 2.05) is 13.8 Å². The molecule has 4 nitrogen and oxygen atoms in total. The molecule has 2 rings (SSSR count). The summed E-state index contributed by atoms with van der Waals surface area (Å²) in [4.78, 5) is 5.53. The highest BCUT2D eigenvalue weighted by Crippen LogP contribution is 2.29. The van der Waals surface area contributed by atoms with Gasteiger partial charge in [-0.1, -0.05) is 0 Å². The SMILES string of the molecule is Cc1nc(C)c(-c2nncn2C(C)C)s1. The van der Waals surface area contributed by atoms with Gasteiger partial charge < -0.3 is 4.57 Å². The Morgan fingerprint density at radius 1 is 1.33 bits per heavy atom. The summed E-state index contributed by atoms with van der Waals surface area (Å²) in [6, 6.07) is 0.372. The molecule has 0 bridgehead atoms. The van der Waals surface area contributed by atoms with Crippen molar-refractivity contribution in [1.82, 2.24) is 19.7 Å². The molecule has 5 heteroatoms. The Kier molecular flexibility index (Phi) is 2.56. The van der Waals surface area contributed by atoms with Gasteiger partial charge in [-0.25, -0.2) is 4.98 Å². The monoisotopic (exact) mass is 222 g/mol. The van der Waals surface area contributed by atoms with Crippen LogP contribution in [0.25, 0.3) is 10.7 Å². The largest absolute Gasteiger partial charge is 0.310 e. The van der Waals surface area contributed by atoms with Gasteiger partial charge in [-0.3, -0.25) is 0 Å². The van der Waals surface area contributed by atoms with Crippen LogP contribution in [-0.2, 0) is 0 Å². The zero-order valence-corrected chi connectivity index (χ0v) is 10.2. The maximum Gasteiger partial charge on any atom is 0.176 e. The smallest absolute Gasteiger partial charge is 0.176 e. The lowest BCUT2D eigenvalue weighted by Crippen LogP contribution is -2.01. The van der Waals surface area contributed by atoms with Crippen molar-refractivity contribution in [3.8, 4) is 10.7 Å². The van der Waals surface area contributed by atoms with Crippen molar-refractivity contribution in [1.29, 1.82) is 0 Å². The van der Waals surface area contributed by atoms with E-state index in [1.165, 1.54) is 0 Å². The van der Waals surface area contributed by atoms with Crippen molar-refractivity contribution >= 4 is 11.3 Å². The first-order valence-corrected chi connectivity index (χ1v) is 5.75. The van der Waals surface area contributed by atoms with Gasteiger partial charge in [0, 0.05) is 6.04 Å². The summed E-state index contributed by atoms with van der Waals surface area (Å²) in [5.74, 6) is 0.924. The number of aromatic nitrogens is 4. The quantitative estimate of drug-likeness (QED) is 0.784. The molecular formula is C10H14N4S. The van der Waals surface area contributed by atoms with Crippen LogP contribution in [0.2, 0.25) is 0 Å². The molecule has 0 spiro atoms. The average molecular weight is 222 g/mol. The first kappa shape index (κ1) is 10.3. The predicted octanol–water partition coefficient (Wildman–Crippen LogP) is 2.60.